The summed E-state index contributed by atoms with van der Waals surface area (Å²) in [5.41, 5.74) is 1.97. The lowest BCUT2D eigenvalue weighted by Crippen LogP contribution is -2.33. The number of hydrogen-bond acceptors (Lipinski definition) is 5. The van der Waals surface area contributed by atoms with E-state index in [-0.39, 0.29) is 16.7 Å². The van der Waals surface area contributed by atoms with E-state index in [2.05, 4.69) is 5.32 Å². The van der Waals surface area contributed by atoms with Gasteiger partial charge < -0.3 is 5.32 Å². The second-order valence-electron chi connectivity index (χ2n) is 7.80. The summed E-state index contributed by atoms with van der Waals surface area (Å²) in [4.78, 5) is 33.2. The molecule has 1 unspecified atom stereocenters. The van der Waals surface area contributed by atoms with Gasteiger partial charge in [0.25, 0.3) is 5.56 Å². The molecule has 2 heterocycles. The average Bonchev–Trinajstić information content (AvgIpc) is 3.46. The first-order valence-corrected chi connectivity index (χ1v) is 11.9. The lowest BCUT2D eigenvalue weighted by molar-refractivity contribution is -0.120. The molecule has 0 radical (unpaired) electrons. The summed E-state index contributed by atoms with van der Waals surface area (Å²) in [6, 6.07) is 9.95. The number of aromatic nitrogens is 2. The maximum atomic E-state index is 13.6. The minimum atomic E-state index is -0.315. The average molecular weight is 426 g/mol. The number of carbonyl (C=O) groups excluding carboxylic acids is 1. The molecule has 150 valence electrons. The third-order valence-corrected chi connectivity index (χ3v) is 7.79. The van der Waals surface area contributed by atoms with Gasteiger partial charge in [0.05, 0.1) is 16.3 Å². The number of fused-ring (bicyclic) bond motifs is 3. The molecule has 2 aliphatic carbocycles. The zero-order valence-corrected chi connectivity index (χ0v) is 17.9. The van der Waals surface area contributed by atoms with Crippen LogP contribution >= 0.6 is 23.1 Å². The van der Waals surface area contributed by atoms with Crippen molar-refractivity contribution in [3.8, 4) is 5.69 Å². The van der Waals surface area contributed by atoms with Gasteiger partial charge in [-0.3, -0.25) is 14.2 Å². The number of carbonyl (C=O) groups is 1. The van der Waals surface area contributed by atoms with Gasteiger partial charge in [-0.15, -0.1) is 11.3 Å². The molecule has 1 atom stereocenters. The Balaban J connectivity index is 1.63. The van der Waals surface area contributed by atoms with Gasteiger partial charge in [-0.1, -0.05) is 30.0 Å². The fourth-order valence-electron chi connectivity index (χ4n) is 3.83. The topological polar surface area (TPSA) is 64.0 Å². The van der Waals surface area contributed by atoms with E-state index in [1.807, 2.05) is 37.3 Å². The molecule has 5 nitrogen and oxygen atoms in total. The lowest BCUT2D eigenvalue weighted by Gasteiger charge is -2.16. The number of benzene rings is 1. The maximum absolute atomic E-state index is 13.6. The number of aryl methyl sites for hydroxylation is 2. The molecule has 0 spiro atoms. The van der Waals surface area contributed by atoms with Crippen LogP contribution in [0.4, 0.5) is 0 Å². The molecule has 1 fully saturated rings. The first-order valence-electron chi connectivity index (χ1n) is 10.2. The Morgan fingerprint density at radius 3 is 2.76 bits per heavy atom. The zero-order valence-electron chi connectivity index (χ0n) is 16.3. The van der Waals surface area contributed by atoms with E-state index < -0.39 is 0 Å². The van der Waals surface area contributed by atoms with E-state index in [0.29, 0.717) is 11.2 Å². The van der Waals surface area contributed by atoms with Gasteiger partial charge in [0, 0.05) is 10.9 Å². The summed E-state index contributed by atoms with van der Waals surface area (Å²) < 4.78 is 1.69. The van der Waals surface area contributed by atoms with Crippen LogP contribution in [0.5, 0.6) is 0 Å². The van der Waals surface area contributed by atoms with E-state index in [1.54, 1.807) is 15.9 Å². The number of amides is 1. The molecule has 3 aromatic rings. The van der Waals surface area contributed by atoms with Crippen LogP contribution in [-0.4, -0.2) is 26.8 Å². The van der Waals surface area contributed by atoms with Crippen molar-refractivity contribution in [2.75, 3.05) is 0 Å². The van der Waals surface area contributed by atoms with Crippen molar-refractivity contribution in [1.82, 2.24) is 14.9 Å². The molecule has 7 heteroatoms. The number of nitrogens with one attached hydrogen (secondary N) is 1. The van der Waals surface area contributed by atoms with Crippen LogP contribution in [0.2, 0.25) is 0 Å². The second-order valence-corrected chi connectivity index (χ2v) is 10.2. The Kier molecular flexibility index (Phi) is 4.95. The van der Waals surface area contributed by atoms with Crippen LogP contribution in [-0.2, 0) is 17.6 Å². The highest BCUT2D eigenvalue weighted by Crippen LogP contribution is 2.36. The minimum Gasteiger partial charge on any atom is -0.352 e. The molecule has 0 bridgehead atoms. The van der Waals surface area contributed by atoms with Gasteiger partial charge in [0.2, 0.25) is 5.91 Å². The minimum absolute atomic E-state index is 0.0110. The van der Waals surface area contributed by atoms with Crippen LogP contribution in [0.15, 0.2) is 40.3 Å². The Labute approximate surface area is 177 Å². The van der Waals surface area contributed by atoms with Gasteiger partial charge in [-0.25, -0.2) is 4.98 Å². The monoisotopic (exact) mass is 425 g/mol. The number of para-hydroxylation sites is 1. The molecule has 1 saturated carbocycles. The zero-order chi connectivity index (χ0) is 20.0. The van der Waals surface area contributed by atoms with E-state index in [0.717, 1.165) is 48.0 Å². The number of nitrogens with zero attached hydrogens (tertiary/aromatic N) is 2. The van der Waals surface area contributed by atoms with Crippen LogP contribution in [0.1, 0.15) is 43.0 Å². The molecule has 2 aliphatic rings. The van der Waals surface area contributed by atoms with Gasteiger partial charge in [0.15, 0.2) is 5.16 Å². The summed E-state index contributed by atoms with van der Waals surface area (Å²) in [6.45, 7) is 1.88. The third-order valence-electron chi connectivity index (χ3n) is 5.55. The van der Waals surface area contributed by atoms with Crippen molar-refractivity contribution in [3.63, 3.8) is 0 Å². The van der Waals surface area contributed by atoms with E-state index in [9.17, 15) is 9.59 Å². The molecule has 5 rings (SSSR count). The van der Waals surface area contributed by atoms with Crippen molar-refractivity contribution < 1.29 is 4.79 Å². The Morgan fingerprint density at radius 1 is 1.24 bits per heavy atom. The first-order chi connectivity index (χ1) is 14.1. The van der Waals surface area contributed by atoms with Gasteiger partial charge in [-0.2, -0.15) is 0 Å². The maximum Gasteiger partial charge on any atom is 0.267 e. The fraction of sp³-hybridized carbons (Fsp3) is 0.409. The standard InChI is InChI=1S/C22H23N3O2S2/c1-13(19(26)23-14-11-12-14)28-22-24-20-18(16-9-5-6-10-17(16)29-20)21(27)25(22)15-7-3-2-4-8-15/h2-4,7-8,13-14H,5-6,9-12H2,1H3,(H,23,26). The third kappa shape index (κ3) is 3.62. The first kappa shape index (κ1) is 18.9. The SMILES string of the molecule is CC(Sc1nc2sc3c(c2c(=O)n1-c1ccccc1)CCCC3)C(=O)NC1CC1. The van der Waals surface area contributed by atoms with Crippen LogP contribution in [0, 0.1) is 0 Å². The lowest BCUT2D eigenvalue weighted by atomic mass is 9.97. The molecule has 29 heavy (non-hydrogen) atoms. The summed E-state index contributed by atoms with van der Waals surface area (Å²) >= 11 is 3.01. The number of thiophene rings is 1. The normalized spacial score (nSPS) is 17.1. The van der Waals surface area contributed by atoms with Crippen molar-refractivity contribution >= 4 is 39.2 Å². The second kappa shape index (κ2) is 7.61. The van der Waals surface area contributed by atoms with Gasteiger partial charge in [0.1, 0.15) is 4.83 Å². The highest BCUT2D eigenvalue weighted by atomic mass is 32.2. The van der Waals surface area contributed by atoms with Crippen molar-refractivity contribution in [3.05, 3.63) is 51.1 Å². The van der Waals surface area contributed by atoms with E-state index >= 15 is 0 Å². The van der Waals surface area contributed by atoms with Gasteiger partial charge in [-0.05, 0) is 63.1 Å². The Bertz CT molecular complexity index is 1130. The predicted octanol–water partition coefficient (Wildman–Crippen LogP) is 4.09. The van der Waals surface area contributed by atoms with Crippen LogP contribution in [0.25, 0.3) is 15.9 Å². The summed E-state index contributed by atoms with van der Waals surface area (Å²) in [7, 11) is 0. The van der Waals surface area contributed by atoms with Crippen molar-refractivity contribution in [2.45, 2.75) is 61.9 Å². The number of thioether (sulfide) groups is 1. The molecular formula is C22H23N3O2S2. The van der Waals surface area contributed by atoms with Gasteiger partial charge >= 0.3 is 0 Å². The molecule has 0 aliphatic heterocycles. The van der Waals surface area contributed by atoms with E-state index in [4.69, 9.17) is 4.98 Å². The molecule has 1 amide bonds. The summed E-state index contributed by atoms with van der Waals surface area (Å²) in [6.07, 6.45) is 6.40. The highest BCUT2D eigenvalue weighted by molar-refractivity contribution is 8.00. The summed E-state index contributed by atoms with van der Waals surface area (Å²) in [5.74, 6) is 0.0110. The van der Waals surface area contributed by atoms with Crippen LogP contribution in [0.3, 0.4) is 0 Å². The highest BCUT2D eigenvalue weighted by Gasteiger charge is 2.28. The van der Waals surface area contributed by atoms with Crippen molar-refractivity contribution in [1.29, 1.82) is 0 Å². The fourth-order valence-corrected chi connectivity index (χ4v) is 6.07. The van der Waals surface area contributed by atoms with E-state index in [1.165, 1.54) is 28.6 Å². The summed E-state index contributed by atoms with van der Waals surface area (Å²) in [5, 5.41) is 4.10. The molecule has 1 N–H and O–H groups in total. The Hall–Kier alpha value is -2.12. The molecule has 0 saturated heterocycles. The molecule has 2 aromatic heterocycles. The van der Waals surface area contributed by atoms with Crippen molar-refractivity contribution in [2.24, 2.45) is 0 Å². The number of hydrogen-bond donors (Lipinski definition) is 1. The molecular weight excluding hydrogens is 402 g/mol. The quantitative estimate of drug-likeness (QED) is 0.494. The smallest absolute Gasteiger partial charge is 0.267 e. The Morgan fingerprint density at radius 2 is 2.00 bits per heavy atom. The van der Waals surface area contributed by atoms with Crippen LogP contribution < -0.4 is 10.9 Å². The largest absolute Gasteiger partial charge is 0.352 e. The number of rotatable bonds is 5. The predicted molar refractivity (Wildman–Crippen MR) is 118 cm³/mol. The molecule has 1 aromatic carbocycles.